The summed E-state index contributed by atoms with van der Waals surface area (Å²) >= 11 is 6.62. The summed E-state index contributed by atoms with van der Waals surface area (Å²) in [4.78, 5) is 2.60. The lowest BCUT2D eigenvalue weighted by molar-refractivity contribution is 0.0997. The normalized spacial score (nSPS) is 28.7. The minimum absolute atomic E-state index is 0.273. The number of hydrogen-bond acceptors (Lipinski definition) is 3. The molecule has 116 valence electrons. The van der Waals surface area contributed by atoms with Gasteiger partial charge in [0.1, 0.15) is 0 Å². The third-order valence-corrected chi connectivity index (χ3v) is 5.60. The first-order valence-corrected chi connectivity index (χ1v) is 8.24. The lowest BCUT2D eigenvalue weighted by Crippen LogP contribution is -2.46. The predicted octanol–water partition coefficient (Wildman–Crippen LogP) is 3.64. The molecule has 2 heterocycles. The van der Waals surface area contributed by atoms with E-state index >= 15 is 0 Å². The van der Waals surface area contributed by atoms with Gasteiger partial charge in [-0.25, -0.2) is 0 Å². The van der Waals surface area contributed by atoms with Crippen LogP contribution in [-0.4, -0.2) is 37.6 Å². The van der Waals surface area contributed by atoms with Gasteiger partial charge in [-0.3, -0.25) is 4.90 Å². The molecule has 0 amide bonds. The number of methoxy groups -OCH3 is 2. The third-order valence-electron chi connectivity index (χ3n) is 5.07. The second-order valence-electron chi connectivity index (χ2n) is 6.09. The van der Waals surface area contributed by atoms with Gasteiger partial charge in [0.25, 0.3) is 0 Å². The van der Waals surface area contributed by atoms with Crippen LogP contribution in [-0.2, 0) is 6.42 Å². The second kappa shape index (κ2) is 6.05. The molecule has 3 nitrogen and oxygen atoms in total. The van der Waals surface area contributed by atoms with Gasteiger partial charge in [-0.2, -0.15) is 0 Å². The fourth-order valence-corrected chi connectivity index (χ4v) is 4.21. The van der Waals surface area contributed by atoms with Crippen molar-refractivity contribution < 1.29 is 9.47 Å². The molecule has 1 aromatic rings. The number of halogens is 1. The van der Waals surface area contributed by atoms with Crippen LogP contribution in [0.2, 0.25) is 0 Å². The number of ether oxygens (including phenoxy) is 2. The summed E-state index contributed by atoms with van der Waals surface area (Å²) in [6, 6.07) is 4.72. The van der Waals surface area contributed by atoms with Gasteiger partial charge in [-0.15, -0.1) is 11.6 Å². The molecule has 3 atom stereocenters. The van der Waals surface area contributed by atoms with Gasteiger partial charge in [-0.1, -0.05) is 13.3 Å². The van der Waals surface area contributed by atoms with Gasteiger partial charge in [0, 0.05) is 24.5 Å². The zero-order chi connectivity index (χ0) is 15.0. The number of benzene rings is 1. The van der Waals surface area contributed by atoms with E-state index in [4.69, 9.17) is 21.1 Å². The largest absolute Gasteiger partial charge is 0.493 e. The maximum Gasteiger partial charge on any atom is 0.161 e. The van der Waals surface area contributed by atoms with Crippen molar-refractivity contribution >= 4 is 11.6 Å². The van der Waals surface area contributed by atoms with E-state index in [1.165, 1.54) is 11.1 Å². The zero-order valence-electron chi connectivity index (χ0n) is 13.1. The van der Waals surface area contributed by atoms with E-state index in [9.17, 15) is 0 Å². The van der Waals surface area contributed by atoms with Gasteiger partial charge in [0.15, 0.2) is 11.5 Å². The Hall–Kier alpha value is -0.930. The monoisotopic (exact) mass is 309 g/mol. The average Bonchev–Trinajstić information content (AvgIpc) is 2.52. The maximum atomic E-state index is 6.62. The van der Waals surface area contributed by atoms with Crippen LogP contribution in [0.5, 0.6) is 11.5 Å². The van der Waals surface area contributed by atoms with Crippen LogP contribution in [0.4, 0.5) is 0 Å². The van der Waals surface area contributed by atoms with Crippen LogP contribution in [0.1, 0.15) is 36.9 Å². The van der Waals surface area contributed by atoms with Crippen molar-refractivity contribution in [2.75, 3.05) is 27.3 Å². The summed E-state index contributed by atoms with van der Waals surface area (Å²) in [6.07, 6.45) is 3.27. The Morgan fingerprint density at radius 1 is 1.24 bits per heavy atom. The summed E-state index contributed by atoms with van der Waals surface area (Å²) in [5.41, 5.74) is 2.76. The van der Waals surface area contributed by atoms with Crippen molar-refractivity contribution in [1.29, 1.82) is 0 Å². The molecule has 2 aliphatic rings. The Morgan fingerprint density at radius 3 is 2.62 bits per heavy atom. The number of piperidine rings is 1. The molecule has 1 aromatic carbocycles. The van der Waals surface area contributed by atoms with E-state index in [1.807, 2.05) is 0 Å². The Kier molecular flexibility index (Phi) is 4.32. The molecule has 0 radical (unpaired) electrons. The quantitative estimate of drug-likeness (QED) is 0.796. The molecule has 0 bridgehead atoms. The van der Waals surface area contributed by atoms with E-state index < -0.39 is 0 Å². The summed E-state index contributed by atoms with van der Waals surface area (Å²) in [6.45, 7) is 4.47. The third kappa shape index (κ3) is 2.62. The van der Waals surface area contributed by atoms with E-state index in [1.54, 1.807) is 14.2 Å². The van der Waals surface area contributed by atoms with Crippen molar-refractivity contribution in [3.05, 3.63) is 23.3 Å². The van der Waals surface area contributed by atoms with Crippen LogP contribution in [0, 0.1) is 5.92 Å². The molecule has 0 unspecified atom stereocenters. The smallest absolute Gasteiger partial charge is 0.161 e. The van der Waals surface area contributed by atoms with Crippen LogP contribution in [0.15, 0.2) is 12.1 Å². The fourth-order valence-electron chi connectivity index (χ4n) is 3.78. The zero-order valence-corrected chi connectivity index (χ0v) is 13.8. The SMILES string of the molecule is CC[C@@H]1CN2CCc3cc(OC)c(OC)cc3[C@@H]2C[C@@H]1Cl. The number of fused-ring (bicyclic) bond motifs is 3. The first-order valence-electron chi connectivity index (χ1n) is 7.80. The first-order chi connectivity index (χ1) is 10.2. The van der Waals surface area contributed by atoms with E-state index in [2.05, 4.69) is 24.0 Å². The van der Waals surface area contributed by atoms with Gasteiger partial charge in [0.05, 0.1) is 14.2 Å². The predicted molar refractivity (Wildman–Crippen MR) is 85.6 cm³/mol. The van der Waals surface area contributed by atoms with Crippen molar-refractivity contribution in [2.45, 2.75) is 37.6 Å². The van der Waals surface area contributed by atoms with E-state index in [0.717, 1.165) is 43.9 Å². The van der Waals surface area contributed by atoms with Crippen LogP contribution < -0.4 is 9.47 Å². The Morgan fingerprint density at radius 2 is 1.95 bits per heavy atom. The average molecular weight is 310 g/mol. The minimum Gasteiger partial charge on any atom is -0.493 e. The van der Waals surface area contributed by atoms with Gasteiger partial charge in [-0.05, 0) is 42.0 Å². The first kappa shape index (κ1) is 15.0. The molecular formula is C17H24ClNO2. The maximum absolute atomic E-state index is 6.62. The van der Waals surface area contributed by atoms with Crippen molar-refractivity contribution in [3.63, 3.8) is 0 Å². The van der Waals surface area contributed by atoms with Crippen LogP contribution >= 0.6 is 11.6 Å². The molecule has 0 saturated carbocycles. The summed E-state index contributed by atoms with van der Waals surface area (Å²) in [5, 5.41) is 0.273. The lowest BCUT2D eigenvalue weighted by atomic mass is 9.82. The molecule has 2 aliphatic heterocycles. The number of rotatable bonds is 3. The molecule has 0 aromatic heterocycles. The topological polar surface area (TPSA) is 21.7 Å². The summed E-state index contributed by atoms with van der Waals surface area (Å²) < 4.78 is 10.9. The minimum atomic E-state index is 0.273. The second-order valence-corrected chi connectivity index (χ2v) is 6.65. The molecule has 4 heteroatoms. The van der Waals surface area contributed by atoms with E-state index in [-0.39, 0.29) is 5.38 Å². The Labute approximate surface area is 132 Å². The highest BCUT2D eigenvalue weighted by Crippen LogP contribution is 2.44. The summed E-state index contributed by atoms with van der Waals surface area (Å²) in [7, 11) is 3.39. The Balaban J connectivity index is 1.95. The molecule has 21 heavy (non-hydrogen) atoms. The highest BCUT2D eigenvalue weighted by molar-refractivity contribution is 6.20. The fraction of sp³-hybridized carbons (Fsp3) is 0.647. The van der Waals surface area contributed by atoms with Crippen LogP contribution in [0.3, 0.4) is 0 Å². The molecule has 0 N–H and O–H groups in total. The van der Waals surface area contributed by atoms with E-state index in [0.29, 0.717) is 12.0 Å². The number of nitrogens with zero attached hydrogens (tertiary/aromatic N) is 1. The number of alkyl halides is 1. The van der Waals surface area contributed by atoms with Crippen molar-refractivity contribution in [2.24, 2.45) is 5.92 Å². The van der Waals surface area contributed by atoms with Gasteiger partial charge >= 0.3 is 0 Å². The van der Waals surface area contributed by atoms with Gasteiger partial charge < -0.3 is 9.47 Å². The number of hydrogen-bond donors (Lipinski definition) is 0. The highest BCUT2D eigenvalue weighted by atomic mass is 35.5. The highest BCUT2D eigenvalue weighted by Gasteiger charge is 2.37. The van der Waals surface area contributed by atoms with Gasteiger partial charge in [0.2, 0.25) is 0 Å². The standard InChI is InChI=1S/C17H24ClNO2/c1-4-11-10-19-6-5-12-7-16(20-2)17(21-3)8-13(12)15(19)9-14(11)18/h7-8,11,14-15H,4-6,9-10H2,1-3H3/t11-,14+,15+/m1/s1. The molecule has 1 fully saturated rings. The summed E-state index contributed by atoms with van der Waals surface area (Å²) in [5.74, 6) is 2.26. The van der Waals surface area contributed by atoms with Crippen molar-refractivity contribution in [1.82, 2.24) is 4.90 Å². The molecule has 0 aliphatic carbocycles. The molecular weight excluding hydrogens is 286 g/mol. The lowest BCUT2D eigenvalue weighted by Gasteiger charge is -2.45. The Bertz CT molecular complexity index is 520. The van der Waals surface area contributed by atoms with Crippen LogP contribution in [0.25, 0.3) is 0 Å². The van der Waals surface area contributed by atoms with Crippen molar-refractivity contribution in [3.8, 4) is 11.5 Å². The molecule has 0 spiro atoms. The molecule has 3 rings (SSSR count). The molecule has 1 saturated heterocycles.